The lowest BCUT2D eigenvalue weighted by atomic mass is 10.2. The first kappa shape index (κ1) is 11.8. The van der Waals surface area contributed by atoms with Crippen LogP contribution in [-0.4, -0.2) is 20.9 Å². The SMILES string of the molecule is O=C(Nc1cnccn1)c1ccc(Cl)nc1Cl. The lowest BCUT2D eigenvalue weighted by Crippen LogP contribution is -2.14. The van der Waals surface area contributed by atoms with Crippen molar-refractivity contribution in [1.29, 1.82) is 0 Å². The van der Waals surface area contributed by atoms with Crippen LogP contribution in [0, 0.1) is 0 Å². The van der Waals surface area contributed by atoms with Gasteiger partial charge in [-0.15, -0.1) is 0 Å². The monoisotopic (exact) mass is 268 g/mol. The second-order valence-corrected chi connectivity index (χ2v) is 3.76. The molecule has 2 aromatic heterocycles. The van der Waals surface area contributed by atoms with Gasteiger partial charge in [0.05, 0.1) is 11.8 Å². The lowest BCUT2D eigenvalue weighted by molar-refractivity contribution is 0.102. The zero-order valence-electron chi connectivity index (χ0n) is 8.39. The molecule has 0 atom stereocenters. The van der Waals surface area contributed by atoms with E-state index in [1.54, 1.807) is 0 Å². The summed E-state index contributed by atoms with van der Waals surface area (Å²) in [4.78, 5) is 23.3. The Labute approximate surface area is 107 Å². The molecule has 0 unspecified atom stereocenters. The zero-order chi connectivity index (χ0) is 12.3. The van der Waals surface area contributed by atoms with Gasteiger partial charge in [-0.1, -0.05) is 23.2 Å². The molecule has 0 aliphatic heterocycles. The quantitative estimate of drug-likeness (QED) is 0.850. The highest BCUT2D eigenvalue weighted by molar-refractivity contribution is 6.35. The Bertz CT molecular complexity index is 547. The normalized spacial score (nSPS) is 10.0. The van der Waals surface area contributed by atoms with Crippen LogP contribution in [0.4, 0.5) is 5.82 Å². The average molecular weight is 269 g/mol. The fourth-order valence-corrected chi connectivity index (χ4v) is 1.56. The molecule has 0 bridgehead atoms. The van der Waals surface area contributed by atoms with Crippen molar-refractivity contribution in [3.8, 4) is 0 Å². The van der Waals surface area contributed by atoms with Crippen LogP contribution in [0.2, 0.25) is 10.3 Å². The van der Waals surface area contributed by atoms with Gasteiger partial charge in [-0.3, -0.25) is 9.78 Å². The Balaban J connectivity index is 2.21. The van der Waals surface area contributed by atoms with Crippen LogP contribution >= 0.6 is 23.2 Å². The maximum atomic E-state index is 11.8. The number of nitrogens with zero attached hydrogens (tertiary/aromatic N) is 3. The van der Waals surface area contributed by atoms with Crippen LogP contribution in [0.5, 0.6) is 0 Å². The molecule has 2 rings (SSSR count). The number of anilines is 1. The molecule has 0 radical (unpaired) electrons. The van der Waals surface area contributed by atoms with Crippen molar-refractivity contribution < 1.29 is 4.79 Å². The van der Waals surface area contributed by atoms with Crippen molar-refractivity contribution in [2.24, 2.45) is 0 Å². The standard InChI is InChI=1S/C10H6Cl2N4O/c11-7-2-1-6(9(12)15-7)10(17)16-8-5-13-3-4-14-8/h1-5H,(H,14,16,17). The van der Waals surface area contributed by atoms with Gasteiger partial charge < -0.3 is 5.32 Å². The summed E-state index contributed by atoms with van der Waals surface area (Å²) >= 11 is 11.4. The molecule has 2 heterocycles. The second-order valence-electron chi connectivity index (χ2n) is 3.02. The Hall–Kier alpha value is -1.72. The Kier molecular flexibility index (Phi) is 3.51. The molecule has 2 aromatic rings. The van der Waals surface area contributed by atoms with Crippen LogP contribution in [0.15, 0.2) is 30.7 Å². The fraction of sp³-hybridized carbons (Fsp3) is 0. The Morgan fingerprint density at radius 3 is 2.71 bits per heavy atom. The van der Waals surface area contributed by atoms with E-state index in [0.717, 1.165) is 0 Å². The number of amides is 1. The minimum Gasteiger partial charge on any atom is -0.305 e. The third-order valence-corrected chi connectivity index (χ3v) is 2.36. The molecule has 0 saturated carbocycles. The molecule has 0 spiro atoms. The molecule has 0 fully saturated rings. The van der Waals surface area contributed by atoms with E-state index in [4.69, 9.17) is 23.2 Å². The summed E-state index contributed by atoms with van der Waals surface area (Å²) in [7, 11) is 0. The number of aromatic nitrogens is 3. The summed E-state index contributed by atoms with van der Waals surface area (Å²) in [6.07, 6.45) is 4.40. The smallest absolute Gasteiger partial charge is 0.259 e. The van der Waals surface area contributed by atoms with E-state index < -0.39 is 5.91 Å². The third kappa shape index (κ3) is 2.89. The molecule has 0 aliphatic rings. The van der Waals surface area contributed by atoms with E-state index in [2.05, 4.69) is 20.3 Å². The number of halogens is 2. The van der Waals surface area contributed by atoms with Crippen molar-refractivity contribution >= 4 is 34.9 Å². The first-order valence-corrected chi connectivity index (χ1v) is 5.32. The van der Waals surface area contributed by atoms with Crippen LogP contribution in [0.25, 0.3) is 0 Å². The van der Waals surface area contributed by atoms with Crippen LogP contribution in [0.3, 0.4) is 0 Å². The van der Waals surface area contributed by atoms with E-state index in [1.807, 2.05) is 0 Å². The van der Waals surface area contributed by atoms with Gasteiger partial charge >= 0.3 is 0 Å². The van der Waals surface area contributed by atoms with Crippen molar-refractivity contribution in [3.63, 3.8) is 0 Å². The molecule has 1 amide bonds. The molecule has 0 aliphatic carbocycles. The van der Waals surface area contributed by atoms with Crippen molar-refractivity contribution in [3.05, 3.63) is 46.6 Å². The minimum absolute atomic E-state index is 0.0406. The molecule has 5 nitrogen and oxygen atoms in total. The van der Waals surface area contributed by atoms with Gasteiger partial charge in [-0.25, -0.2) is 9.97 Å². The van der Waals surface area contributed by atoms with Gasteiger partial charge in [0.2, 0.25) is 0 Å². The van der Waals surface area contributed by atoms with Gasteiger partial charge in [0, 0.05) is 12.4 Å². The maximum absolute atomic E-state index is 11.8. The van der Waals surface area contributed by atoms with Crippen LogP contribution < -0.4 is 5.32 Å². The van der Waals surface area contributed by atoms with E-state index in [0.29, 0.717) is 5.82 Å². The number of rotatable bonds is 2. The molecule has 86 valence electrons. The average Bonchev–Trinajstić information content (AvgIpc) is 2.30. The number of pyridine rings is 1. The summed E-state index contributed by atoms with van der Waals surface area (Å²) in [6.45, 7) is 0. The molecule has 0 saturated heterocycles. The first-order chi connectivity index (χ1) is 8.16. The highest BCUT2D eigenvalue weighted by Gasteiger charge is 2.12. The van der Waals surface area contributed by atoms with E-state index in [-0.39, 0.29) is 15.9 Å². The Morgan fingerprint density at radius 1 is 1.24 bits per heavy atom. The van der Waals surface area contributed by atoms with Gasteiger partial charge in [-0.2, -0.15) is 0 Å². The van der Waals surface area contributed by atoms with E-state index >= 15 is 0 Å². The summed E-state index contributed by atoms with van der Waals surface area (Å²) in [5.41, 5.74) is 0.224. The number of carbonyl (C=O) groups excluding carboxylic acids is 1. The predicted octanol–water partition coefficient (Wildman–Crippen LogP) is 2.43. The minimum atomic E-state index is -0.417. The molecular formula is C10H6Cl2N4O. The van der Waals surface area contributed by atoms with Gasteiger partial charge in [0.1, 0.15) is 10.3 Å². The summed E-state index contributed by atoms with van der Waals surface area (Å²) in [6, 6.07) is 2.97. The largest absolute Gasteiger partial charge is 0.305 e. The number of hydrogen-bond acceptors (Lipinski definition) is 4. The van der Waals surface area contributed by atoms with Gasteiger partial charge in [-0.05, 0) is 12.1 Å². The number of nitrogens with one attached hydrogen (secondary N) is 1. The summed E-state index contributed by atoms with van der Waals surface area (Å²) in [5.74, 6) is -0.0804. The first-order valence-electron chi connectivity index (χ1n) is 4.56. The van der Waals surface area contributed by atoms with Gasteiger partial charge in [0.15, 0.2) is 5.82 Å². The van der Waals surface area contributed by atoms with E-state index in [1.165, 1.54) is 30.7 Å². The second kappa shape index (κ2) is 5.07. The molecule has 0 aromatic carbocycles. The van der Waals surface area contributed by atoms with Crippen molar-refractivity contribution in [2.45, 2.75) is 0 Å². The summed E-state index contributed by atoms with van der Waals surface area (Å²) in [5, 5.41) is 2.81. The Morgan fingerprint density at radius 2 is 2.06 bits per heavy atom. The highest BCUT2D eigenvalue weighted by atomic mass is 35.5. The lowest BCUT2D eigenvalue weighted by Gasteiger charge is -2.04. The van der Waals surface area contributed by atoms with Crippen molar-refractivity contribution in [2.75, 3.05) is 5.32 Å². The number of hydrogen-bond donors (Lipinski definition) is 1. The third-order valence-electron chi connectivity index (χ3n) is 1.86. The predicted molar refractivity (Wildman–Crippen MR) is 64.2 cm³/mol. The highest BCUT2D eigenvalue weighted by Crippen LogP contribution is 2.17. The van der Waals surface area contributed by atoms with Crippen molar-refractivity contribution in [1.82, 2.24) is 15.0 Å². The molecule has 1 N–H and O–H groups in total. The van der Waals surface area contributed by atoms with E-state index in [9.17, 15) is 4.79 Å². The topological polar surface area (TPSA) is 67.8 Å². The molecule has 17 heavy (non-hydrogen) atoms. The van der Waals surface area contributed by atoms with Crippen LogP contribution in [0.1, 0.15) is 10.4 Å². The zero-order valence-corrected chi connectivity index (χ0v) is 9.90. The molecular weight excluding hydrogens is 263 g/mol. The van der Waals surface area contributed by atoms with Gasteiger partial charge in [0.25, 0.3) is 5.91 Å². The maximum Gasteiger partial charge on any atom is 0.259 e. The fourth-order valence-electron chi connectivity index (χ4n) is 1.13. The van der Waals surface area contributed by atoms with Crippen LogP contribution in [-0.2, 0) is 0 Å². The summed E-state index contributed by atoms with van der Waals surface area (Å²) < 4.78 is 0. The number of carbonyl (C=O) groups is 1. The molecule has 7 heteroatoms.